The van der Waals surface area contributed by atoms with Crippen LogP contribution in [0.3, 0.4) is 0 Å². The summed E-state index contributed by atoms with van der Waals surface area (Å²) in [7, 11) is 0. The van der Waals surface area contributed by atoms with Gasteiger partial charge in [-0.3, -0.25) is 14.5 Å². The first-order valence-electron chi connectivity index (χ1n) is 10.7. The van der Waals surface area contributed by atoms with Crippen LogP contribution in [0.5, 0.6) is 0 Å². The number of hydrogen-bond acceptors (Lipinski definition) is 5. The topological polar surface area (TPSA) is 61.9 Å². The third-order valence-corrected chi connectivity index (χ3v) is 6.86. The Balaban J connectivity index is 1.44. The molecular weight excluding hydrogens is 398 g/mol. The van der Waals surface area contributed by atoms with Gasteiger partial charge in [0.2, 0.25) is 5.91 Å². The highest BCUT2D eigenvalue weighted by Gasteiger charge is 2.28. The van der Waals surface area contributed by atoms with Gasteiger partial charge in [0.15, 0.2) is 0 Å². The first-order chi connectivity index (χ1) is 14.6. The van der Waals surface area contributed by atoms with Crippen molar-refractivity contribution >= 4 is 28.8 Å². The number of nitrogens with zero attached hydrogens (tertiary/aromatic N) is 2. The zero-order valence-electron chi connectivity index (χ0n) is 17.6. The van der Waals surface area contributed by atoms with Gasteiger partial charge in [0.05, 0.1) is 18.8 Å². The average molecular weight is 428 g/mol. The maximum Gasteiger partial charge on any atom is 0.251 e. The Hall–Kier alpha value is -2.22. The minimum Gasteiger partial charge on any atom is -0.376 e. The van der Waals surface area contributed by atoms with Crippen LogP contribution in [0.4, 0.5) is 5.69 Å². The van der Waals surface area contributed by atoms with Gasteiger partial charge in [-0.05, 0) is 48.6 Å². The van der Waals surface area contributed by atoms with Crippen molar-refractivity contribution in [2.75, 3.05) is 37.7 Å². The van der Waals surface area contributed by atoms with Crippen molar-refractivity contribution in [1.82, 2.24) is 10.2 Å². The molecule has 30 heavy (non-hydrogen) atoms. The molecule has 0 radical (unpaired) electrons. The highest BCUT2D eigenvalue weighted by atomic mass is 32.1. The van der Waals surface area contributed by atoms with Gasteiger partial charge in [0.25, 0.3) is 5.91 Å². The number of thiophene rings is 1. The lowest BCUT2D eigenvalue weighted by Crippen LogP contribution is -2.46. The van der Waals surface area contributed by atoms with Crippen molar-refractivity contribution in [3.63, 3.8) is 0 Å². The Kier molecular flexibility index (Phi) is 6.51. The molecule has 2 aromatic rings. The summed E-state index contributed by atoms with van der Waals surface area (Å²) in [6, 6.07) is 10.0. The molecule has 2 aliphatic rings. The number of rotatable bonds is 6. The van der Waals surface area contributed by atoms with Crippen molar-refractivity contribution in [2.24, 2.45) is 0 Å². The van der Waals surface area contributed by atoms with Gasteiger partial charge in [-0.1, -0.05) is 13.0 Å². The Morgan fingerprint density at radius 2 is 2.17 bits per heavy atom. The molecule has 2 aliphatic heterocycles. The zero-order chi connectivity index (χ0) is 21.1. The summed E-state index contributed by atoms with van der Waals surface area (Å²) in [5.74, 6) is 0.0606. The van der Waals surface area contributed by atoms with Crippen molar-refractivity contribution in [3.8, 4) is 0 Å². The Bertz CT molecular complexity index is 899. The van der Waals surface area contributed by atoms with E-state index in [2.05, 4.69) is 34.7 Å². The number of carbonyl (C=O) groups is 2. The normalized spacial score (nSPS) is 20.1. The largest absolute Gasteiger partial charge is 0.376 e. The van der Waals surface area contributed by atoms with Crippen LogP contribution in [-0.2, 0) is 16.0 Å². The first kappa shape index (κ1) is 21.0. The molecule has 2 amide bonds. The summed E-state index contributed by atoms with van der Waals surface area (Å²) < 4.78 is 5.69. The first-order valence-corrected chi connectivity index (χ1v) is 11.5. The lowest BCUT2D eigenvalue weighted by atomic mass is 10.1. The van der Waals surface area contributed by atoms with Gasteiger partial charge in [-0.2, -0.15) is 0 Å². The molecule has 0 aliphatic carbocycles. The van der Waals surface area contributed by atoms with E-state index in [-0.39, 0.29) is 24.0 Å². The second-order valence-corrected chi connectivity index (χ2v) is 8.89. The van der Waals surface area contributed by atoms with Gasteiger partial charge >= 0.3 is 0 Å². The Morgan fingerprint density at radius 3 is 2.90 bits per heavy atom. The van der Waals surface area contributed by atoms with Crippen molar-refractivity contribution in [3.05, 3.63) is 51.7 Å². The molecule has 2 atom stereocenters. The SMILES string of the molecule is CCC(=O)N1CCc2cc(C(=O)NCC(c3cccs3)N3CCOC(C)C3)ccc21. The third kappa shape index (κ3) is 4.43. The second-order valence-electron chi connectivity index (χ2n) is 7.91. The van der Waals surface area contributed by atoms with Gasteiger partial charge in [0.1, 0.15) is 0 Å². The van der Waals surface area contributed by atoms with E-state index in [1.54, 1.807) is 11.3 Å². The van der Waals surface area contributed by atoms with E-state index in [1.165, 1.54) is 4.88 Å². The number of hydrogen-bond donors (Lipinski definition) is 1. The number of fused-ring (bicyclic) bond motifs is 1. The highest BCUT2D eigenvalue weighted by Crippen LogP contribution is 2.30. The molecule has 1 N–H and O–H groups in total. The van der Waals surface area contributed by atoms with Crippen molar-refractivity contribution < 1.29 is 14.3 Å². The van der Waals surface area contributed by atoms with Crippen LogP contribution in [0.2, 0.25) is 0 Å². The molecule has 1 aromatic heterocycles. The van der Waals surface area contributed by atoms with Crippen molar-refractivity contribution in [1.29, 1.82) is 0 Å². The van der Waals surface area contributed by atoms with Crippen LogP contribution in [-0.4, -0.2) is 55.6 Å². The molecule has 6 nitrogen and oxygen atoms in total. The van der Waals surface area contributed by atoms with Crippen LogP contribution >= 0.6 is 11.3 Å². The second kappa shape index (κ2) is 9.29. The van der Waals surface area contributed by atoms with Gasteiger partial charge in [-0.25, -0.2) is 0 Å². The Morgan fingerprint density at radius 1 is 1.30 bits per heavy atom. The summed E-state index contributed by atoms with van der Waals surface area (Å²) in [6.07, 6.45) is 1.49. The number of nitrogens with one attached hydrogen (secondary N) is 1. The molecule has 1 saturated heterocycles. The molecule has 7 heteroatoms. The van der Waals surface area contributed by atoms with Crippen LogP contribution in [0.1, 0.15) is 47.1 Å². The molecule has 4 rings (SSSR count). The quantitative estimate of drug-likeness (QED) is 0.769. The van der Waals surface area contributed by atoms with E-state index >= 15 is 0 Å². The predicted octanol–water partition coefficient (Wildman–Crippen LogP) is 3.24. The monoisotopic (exact) mass is 427 g/mol. The number of ether oxygens (including phenoxy) is 1. The number of benzene rings is 1. The van der Waals surface area contributed by atoms with Gasteiger partial charge in [0, 0.05) is 48.7 Å². The maximum absolute atomic E-state index is 12.9. The van der Waals surface area contributed by atoms with E-state index < -0.39 is 0 Å². The van der Waals surface area contributed by atoms with E-state index in [0.717, 1.165) is 37.4 Å². The minimum atomic E-state index is -0.0686. The summed E-state index contributed by atoms with van der Waals surface area (Å²) in [5, 5.41) is 5.22. The summed E-state index contributed by atoms with van der Waals surface area (Å²) in [5.41, 5.74) is 2.67. The highest BCUT2D eigenvalue weighted by molar-refractivity contribution is 7.10. The molecule has 0 spiro atoms. The van der Waals surface area contributed by atoms with E-state index in [4.69, 9.17) is 4.74 Å². The lowest BCUT2D eigenvalue weighted by molar-refractivity contribution is -0.118. The van der Waals surface area contributed by atoms with E-state index in [9.17, 15) is 9.59 Å². The third-order valence-electron chi connectivity index (χ3n) is 5.88. The van der Waals surface area contributed by atoms with Crippen LogP contribution in [0.25, 0.3) is 0 Å². The number of morpholine rings is 1. The smallest absolute Gasteiger partial charge is 0.251 e. The van der Waals surface area contributed by atoms with Gasteiger partial charge < -0.3 is 15.0 Å². The Labute approximate surface area is 181 Å². The molecular formula is C23H29N3O3S. The molecule has 1 aromatic carbocycles. The number of carbonyl (C=O) groups excluding carboxylic acids is 2. The summed E-state index contributed by atoms with van der Waals surface area (Å²) in [6.45, 7) is 7.66. The number of amides is 2. The van der Waals surface area contributed by atoms with Crippen LogP contribution < -0.4 is 10.2 Å². The van der Waals surface area contributed by atoms with Gasteiger partial charge in [-0.15, -0.1) is 11.3 Å². The predicted molar refractivity (Wildman–Crippen MR) is 119 cm³/mol. The molecule has 3 heterocycles. The van der Waals surface area contributed by atoms with E-state index in [1.807, 2.05) is 30.0 Å². The summed E-state index contributed by atoms with van der Waals surface area (Å²) >= 11 is 1.72. The minimum absolute atomic E-state index is 0.0686. The standard InChI is InChI=1S/C23H29N3O3S/c1-3-22(27)26-9-8-17-13-18(6-7-19(17)26)23(28)24-14-20(21-5-4-12-30-21)25-10-11-29-16(2)15-25/h4-7,12-13,16,20H,3,8-11,14-15H2,1-2H3,(H,24,28). The summed E-state index contributed by atoms with van der Waals surface area (Å²) in [4.78, 5) is 30.5. The van der Waals surface area contributed by atoms with Crippen LogP contribution in [0, 0.1) is 0 Å². The maximum atomic E-state index is 12.9. The van der Waals surface area contributed by atoms with E-state index in [0.29, 0.717) is 25.1 Å². The fraction of sp³-hybridized carbons (Fsp3) is 0.478. The van der Waals surface area contributed by atoms with Crippen LogP contribution in [0.15, 0.2) is 35.7 Å². The van der Waals surface area contributed by atoms with Crippen molar-refractivity contribution in [2.45, 2.75) is 38.8 Å². The number of anilines is 1. The molecule has 2 unspecified atom stereocenters. The molecule has 0 saturated carbocycles. The molecule has 0 bridgehead atoms. The molecule has 1 fully saturated rings. The average Bonchev–Trinajstić information content (AvgIpc) is 3.43. The molecule has 160 valence electrons. The lowest BCUT2D eigenvalue weighted by Gasteiger charge is -2.37. The fourth-order valence-electron chi connectivity index (χ4n) is 4.30. The fourth-order valence-corrected chi connectivity index (χ4v) is 5.16. The zero-order valence-corrected chi connectivity index (χ0v) is 18.4.